The maximum Gasteiger partial charge on any atom is 0.277 e. The highest BCUT2D eigenvalue weighted by Crippen LogP contribution is 2.20. The molecule has 0 spiro atoms. The van der Waals surface area contributed by atoms with Crippen LogP contribution in [0.1, 0.15) is 16.6 Å². The van der Waals surface area contributed by atoms with Crippen molar-refractivity contribution in [2.24, 2.45) is 0 Å². The Morgan fingerprint density at radius 1 is 1.40 bits per heavy atom. The zero-order chi connectivity index (χ0) is 17.6. The quantitative estimate of drug-likeness (QED) is 0.633. The third-order valence-electron chi connectivity index (χ3n) is 3.13. The van der Waals surface area contributed by atoms with Gasteiger partial charge in [-0.3, -0.25) is 4.79 Å². The molecular weight excluding hydrogens is 360 g/mol. The first-order valence-electron chi connectivity index (χ1n) is 7.42. The molecule has 0 saturated heterocycles. The maximum absolute atomic E-state index is 12.0. The van der Waals surface area contributed by atoms with Crippen LogP contribution in [-0.4, -0.2) is 34.0 Å². The number of nitrogens with one attached hydrogen (secondary N) is 1. The number of hydrogen-bond donors (Lipinski definition) is 1. The number of thiazole rings is 1. The molecule has 0 unspecified atom stereocenters. The Morgan fingerprint density at radius 2 is 2.28 bits per heavy atom. The summed E-state index contributed by atoms with van der Waals surface area (Å²) in [6, 6.07) is 7.18. The Bertz CT molecular complexity index is 862. The second kappa shape index (κ2) is 8.13. The smallest absolute Gasteiger partial charge is 0.277 e. The van der Waals surface area contributed by atoms with E-state index in [1.54, 1.807) is 30.6 Å². The Morgan fingerprint density at radius 3 is 3.04 bits per heavy atom. The fourth-order valence-corrected chi connectivity index (χ4v) is 3.23. The van der Waals surface area contributed by atoms with Gasteiger partial charge in [-0.05, 0) is 19.1 Å². The number of anilines is 1. The second-order valence-electron chi connectivity index (χ2n) is 5.07. The van der Waals surface area contributed by atoms with Gasteiger partial charge in [-0.2, -0.15) is 0 Å². The van der Waals surface area contributed by atoms with Crippen LogP contribution in [0.15, 0.2) is 39.3 Å². The van der Waals surface area contributed by atoms with Gasteiger partial charge < -0.3 is 14.5 Å². The first-order valence-corrected chi connectivity index (χ1v) is 9.29. The summed E-state index contributed by atoms with van der Waals surface area (Å²) < 4.78 is 10.7. The van der Waals surface area contributed by atoms with Gasteiger partial charge in [0.25, 0.3) is 5.22 Å². The summed E-state index contributed by atoms with van der Waals surface area (Å²) in [5.41, 5.74) is 1.58. The molecule has 0 aliphatic carbocycles. The van der Waals surface area contributed by atoms with Gasteiger partial charge in [0.2, 0.25) is 11.8 Å². The summed E-state index contributed by atoms with van der Waals surface area (Å²) in [7, 11) is 1.58. The standard InChI is InChI=1S/C16H16N4O3S2/c1-10-17-12(8-24-10)7-15-19-20-16(23-15)25-9-14(21)18-11-4-3-5-13(6-11)22-2/h3-6,8H,7,9H2,1-2H3,(H,18,21). The molecule has 0 bridgehead atoms. The molecule has 25 heavy (non-hydrogen) atoms. The number of aromatic nitrogens is 3. The molecule has 7 nitrogen and oxygen atoms in total. The molecule has 1 aromatic carbocycles. The van der Waals surface area contributed by atoms with Gasteiger partial charge in [0.05, 0.1) is 30.0 Å². The average Bonchev–Trinajstić information content (AvgIpc) is 3.22. The van der Waals surface area contributed by atoms with Gasteiger partial charge >= 0.3 is 0 Å². The van der Waals surface area contributed by atoms with Gasteiger partial charge in [0.15, 0.2) is 0 Å². The number of amides is 1. The van der Waals surface area contributed by atoms with E-state index in [1.807, 2.05) is 24.4 Å². The molecule has 1 amide bonds. The number of aryl methyl sites for hydroxylation is 1. The van der Waals surface area contributed by atoms with Crippen LogP contribution in [0, 0.1) is 6.92 Å². The third-order valence-corrected chi connectivity index (χ3v) is 4.77. The van der Waals surface area contributed by atoms with Crippen molar-refractivity contribution >= 4 is 34.7 Å². The number of carbonyl (C=O) groups is 1. The molecule has 9 heteroatoms. The van der Waals surface area contributed by atoms with E-state index in [0.29, 0.717) is 29.0 Å². The lowest BCUT2D eigenvalue weighted by Crippen LogP contribution is -2.13. The van der Waals surface area contributed by atoms with E-state index in [4.69, 9.17) is 9.15 Å². The lowest BCUT2D eigenvalue weighted by atomic mass is 10.3. The summed E-state index contributed by atoms with van der Waals surface area (Å²) in [6.07, 6.45) is 0.494. The minimum atomic E-state index is -0.159. The van der Waals surface area contributed by atoms with Crippen LogP contribution < -0.4 is 10.1 Å². The normalized spacial score (nSPS) is 10.6. The predicted octanol–water partition coefficient (Wildman–Crippen LogP) is 3.16. The van der Waals surface area contributed by atoms with E-state index in [9.17, 15) is 4.79 Å². The molecule has 2 heterocycles. The van der Waals surface area contributed by atoms with Crippen molar-refractivity contribution in [3.8, 4) is 5.75 Å². The van der Waals surface area contributed by atoms with E-state index >= 15 is 0 Å². The van der Waals surface area contributed by atoms with Crippen LogP contribution >= 0.6 is 23.1 Å². The zero-order valence-corrected chi connectivity index (χ0v) is 15.3. The van der Waals surface area contributed by atoms with Crippen LogP contribution in [0.4, 0.5) is 5.69 Å². The fraction of sp³-hybridized carbons (Fsp3) is 0.250. The van der Waals surface area contributed by atoms with E-state index < -0.39 is 0 Å². The number of thioether (sulfide) groups is 1. The van der Waals surface area contributed by atoms with Crippen molar-refractivity contribution in [3.63, 3.8) is 0 Å². The van der Waals surface area contributed by atoms with E-state index in [-0.39, 0.29) is 11.7 Å². The van der Waals surface area contributed by atoms with Crippen molar-refractivity contribution in [2.75, 3.05) is 18.2 Å². The minimum absolute atomic E-state index is 0.159. The number of rotatable bonds is 7. The highest BCUT2D eigenvalue weighted by Gasteiger charge is 2.12. The number of ether oxygens (including phenoxy) is 1. The highest BCUT2D eigenvalue weighted by molar-refractivity contribution is 7.99. The monoisotopic (exact) mass is 376 g/mol. The van der Waals surface area contributed by atoms with Crippen molar-refractivity contribution in [1.82, 2.24) is 15.2 Å². The first-order chi connectivity index (χ1) is 12.1. The Hall–Kier alpha value is -2.39. The zero-order valence-electron chi connectivity index (χ0n) is 13.7. The van der Waals surface area contributed by atoms with E-state index in [2.05, 4.69) is 20.5 Å². The maximum atomic E-state index is 12.0. The molecule has 0 atom stereocenters. The Labute approximate surface area is 152 Å². The third kappa shape index (κ3) is 5.04. The lowest BCUT2D eigenvalue weighted by Gasteiger charge is -2.05. The molecule has 2 aromatic heterocycles. The molecule has 0 saturated carbocycles. The van der Waals surface area contributed by atoms with E-state index in [0.717, 1.165) is 10.7 Å². The molecule has 3 rings (SSSR count). The number of carbonyl (C=O) groups excluding carboxylic acids is 1. The van der Waals surface area contributed by atoms with Gasteiger partial charge in [0, 0.05) is 17.1 Å². The Kier molecular flexibility index (Phi) is 5.67. The topological polar surface area (TPSA) is 90.1 Å². The van der Waals surface area contributed by atoms with Gasteiger partial charge in [-0.1, -0.05) is 17.8 Å². The number of hydrogen-bond acceptors (Lipinski definition) is 8. The fourth-order valence-electron chi connectivity index (χ4n) is 2.04. The molecule has 0 aliphatic rings. The highest BCUT2D eigenvalue weighted by atomic mass is 32.2. The van der Waals surface area contributed by atoms with Crippen LogP contribution in [0.5, 0.6) is 5.75 Å². The van der Waals surface area contributed by atoms with Gasteiger partial charge in [0.1, 0.15) is 5.75 Å². The first kappa shape index (κ1) is 17.4. The van der Waals surface area contributed by atoms with Gasteiger partial charge in [-0.15, -0.1) is 21.5 Å². The van der Waals surface area contributed by atoms with Crippen molar-refractivity contribution < 1.29 is 13.9 Å². The van der Waals surface area contributed by atoms with Crippen LogP contribution in [-0.2, 0) is 11.2 Å². The number of nitrogens with zero attached hydrogens (tertiary/aromatic N) is 3. The molecular formula is C16H16N4O3S2. The van der Waals surface area contributed by atoms with E-state index in [1.165, 1.54) is 11.8 Å². The largest absolute Gasteiger partial charge is 0.497 e. The molecule has 3 aromatic rings. The molecule has 0 aliphatic heterocycles. The summed E-state index contributed by atoms with van der Waals surface area (Å²) in [5.74, 6) is 1.19. The van der Waals surface area contributed by atoms with Crippen LogP contribution in [0.2, 0.25) is 0 Å². The lowest BCUT2D eigenvalue weighted by molar-refractivity contribution is -0.113. The molecule has 130 valence electrons. The predicted molar refractivity (Wildman–Crippen MR) is 96.3 cm³/mol. The molecule has 1 N–H and O–H groups in total. The number of benzene rings is 1. The van der Waals surface area contributed by atoms with Gasteiger partial charge in [-0.25, -0.2) is 4.98 Å². The number of methoxy groups -OCH3 is 1. The average molecular weight is 376 g/mol. The minimum Gasteiger partial charge on any atom is -0.497 e. The van der Waals surface area contributed by atoms with Crippen molar-refractivity contribution in [2.45, 2.75) is 18.6 Å². The summed E-state index contributed by atoms with van der Waals surface area (Å²) in [4.78, 5) is 16.4. The Balaban J connectivity index is 1.50. The molecule has 0 radical (unpaired) electrons. The van der Waals surface area contributed by atoms with Crippen LogP contribution in [0.3, 0.4) is 0 Å². The summed E-state index contributed by atoms with van der Waals surface area (Å²) >= 11 is 2.77. The van der Waals surface area contributed by atoms with Crippen LogP contribution in [0.25, 0.3) is 0 Å². The summed E-state index contributed by atoms with van der Waals surface area (Å²) in [6.45, 7) is 1.95. The van der Waals surface area contributed by atoms with Crippen molar-refractivity contribution in [3.05, 3.63) is 46.2 Å². The summed E-state index contributed by atoms with van der Waals surface area (Å²) in [5, 5.41) is 14.1. The SMILES string of the molecule is COc1cccc(NC(=O)CSc2nnc(Cc3csc(C)n3)o2)c1. The molecule has 0 fully saturated rings. The van der Waals surface area contributed by atoms with Crippen molar-refractivity contribution in [1.29, 1.82) is 0 Å². The second-order valence-corrected chi connectivity index (χ2v) is 7.05.